The number of aryl methyl sites for hydroxylation is 1. The Morgan fingerprint density at radius 1 is 0.912 bits per heavy atom. The van der Waals surface area contributed by atoms with Crippen molar-refractivity contribution in [2.75, 3.05) is 14.2 Å². The third-order valence-corrected chi connectivity index (χ3v) is 6.28. The minimum atomic E-state index is -4.10. The van der Waals surface area contributed by atoms with Crippen LogP contribution >= 0.6 is 0 Å². The molecule has 4 rings (SSSR count). The van der Waals surface area contributed by atoms with Gasteiger partial charge in [-0.1, -0.05) is 24.3 Å². The molecule has 0 radical (unpaired) electrons. The van der Waals surface area contributed by atoms with E-state index in [1.165, 1.54) is 50.6 Å². The van der Waals surface area contributed by atoms with Crippen LogP contribution in [-0.4, -0.2) is 34.5 Å². The summed E-state index contributed by atoms with van der Waals surface area (Å²) >= 11 is 0. The minimum absolute atomic E-state index is 0.00133. The average molecular weight is 480 g/mol. The van der Waals surface area contributed by atoms with E-state index in [2.05, 4.69) is 4.99 Å². The van der Waals surface area contributed by atoms with Crippen molar-refractivity contribution in [3.63, 3.8) is 0 Å². The topological polar surface area (TPSA) is 100 Å². The molecule has 1 heterocycles. The van der Waals surface area contributed by atoms with Crippen molar-refractivity contribution in [3.05, 3.63) is 89.1 Å². The number of aliphatic imine (C=N–C) groups is 1. The van der Waals surface area contributed by atoms with Gasteiger partial charge in [0.25, 0.3) is 0 Å². The Hall–Kier alpha value is -4.11. The fourth-order valence-corrected chi connectivity index (χ4v) is 4.19. The summed E-state index contributed by atoms with van der Waals surface area (Å²) < 4.78 is 46.3. The molecule has 0 fully saturated rings. The molecule has 0 saturated carbocycles. The normalized spacial score (nSPS) is 14.5. The second kappa shape index (κ2) is 9.40. The van der Waals surface area contributed by atoms with Crippen molar-refractivity contribution in [3.8, 4) is 17.2 Å². The highest BCUT2D eigenvalue weighted by Crippen LogP contribution is 2.32. The minimum Gasteiger partial charge on any atom is -0.497 e. The van der Waals surface area contributed by atoms with Gasteiger partial charge in [0.1, 0.15) is 10.6 Å². The molecule has 0 atom stereocenters. The first-order chi connectivity index (χ1) is 16.3. The van der Waals surface area contributed by atoms with Crippen LogP contribution in [0.4, 0.5) is 0 Å². The number of methoxy groups -OCH3 is 2. The molecule has 3 aromatic rings. The van der Waals surface area contributed by atoms with E-state index < -0.39 is 16.1 Å². The van der Waals surface area contributed by atoms with E-state index in [1.54, 1.807) is 12.1 Å². The lowest BCUT2D eigenvalue weighted by Gasteiger charge is -2.11. The molecule has 0 aliphatic carbocycles. The first-order valence-electron chi connectivity index (χ1n) is 10.2. The molecule has 34 heavy (non-hydrogen) atoms. The summed E-state index contributed by atoms with van der Waals surface area (Å²) in [7, 11) is -1.23. The Morgan fingerprint density at radius 2 is 1.65 bits per heavy atom. The van der Waals surface area contributed by atoms with Gasteiger partial charge in [-0.25, -0.2) is 9.79 Å². The van der Waals surface area contributed by atoms with Gasteiger partial charge < -0.3 is 18.4 Å². The van der Waals surface area contributed by atoms with Crippen molar-refractivity contribution in [2.45, 2.75) is 11.8 Å². The molecular weight excluding hydrogens is 458 g/mol. The SMILES string of the molecule is COc1ccc(S(=O)(=O)Oc2ccc(C=C3N=C(c4ccccc4C)OC3=O)cc2OC)cc1. The molecule has 1 aliphatic rings. The first kappa shape index (κ1) is 23.1. The molecule has 0 aromatic heterocycles. The van der Waals surface area contributed by atoms with Crippen molar-refractivity contribution in [1.82, 2.24) is 0 Å². The Bertz CT molecular complexity index is 1410. The predicted octanol–water partition coefficient (Wildman–Crippen LogP) is 4.12. The van der Waals surface area contributed by atoms with Crippen molar-refractivity contribution in [1.29, 1.82) is 0 Å². The van der Waals surface area contributed by atoms with E-state index in [-0.39, 0.29) is 28.0 Å². The third-order valence-electron chi connectivity index (χ3n) is 5.03. The van der Waals surface area contributed by atoms with E-state index in [0.717, 1.165) is 11.1 Å². The third kappa shape index (κ3) is 4.79. The number of rotatable bonds is 7. The van der Waals surface area contributed by atoms with Gasteiger partial charge in [0.05, 0.1) is 14.2 Å². The second-order valence-corrected chi connectivity index (χ2v) is 8.82. The maximum absolute atomic E-state index is 12.7. The van der Waals surface area contributed by atoms with Crippen LogP contribution in [0.1, 0.15) is 16.7 Å². The molecule has 0 spiro atoms. The Morgan fingerprint density at radius 3 is 2.32 bits per heavy atom. The van der Waals surface area contributed by atoms with Crippen LogP contribution in [0.2, 0.25) is 0 Å². The molecule has 3 aromatic carbocycles. The standard InChI is InChI=1S/C25H21NO7S/c1-16-6-4-5-7-20(16)24-26-21(25(27)32-24)14-17-8-13-22(23(15-17)31-3)33-34(28,29)19-11-9-18(30-2)10-12-19/h4-15H,1-3H3. The van der Waals surface area contributed by atoms with Crippen molar-refractivity contribution in [2.24, 2.45) is 4.99 Å². The number of cyclic esters (lactones) is 1. The Balaban J connectivity index is 1.60. The predicted molar refractivity (Wildman–Crippen MR) is 126 cm³/mol. The number of hydrogen-bond donors (Lipinski definition) is 0. The van der Waals surface area contributed by atoms with Crippen LogP contribution in [0.15, 0.2) is 82.3 Å². The smallest absolute Gasteiger partial charge is 0.363 e. The van der Waals surface area contributed by atoms with Crippen LogP contribution in [0.5, 0.6) is 17.2 Å². The monoisotopic (exact) mass is 479 g/mol. The van der Waals surface area contributed by atoms with Crippen LogP contribution in [0, 0.1) is 6.92 Å². The maximum Gasteiger partial charge on any atom is 0.363 e. The zero-order valence-electron chi connectivity index (χ0n) is 18.6. The van der Waals surface area contributed by atoms with Gasteiger partial charge in [-0.05, 0) is 66.6 Å². The average Bonchev–Trinajstić information content (AvgIpc) is 3.19. The fraction of sp³-hybridized carbons (Fsp3) is 0.120. The van der Waals surface area contributed by atoms with Gasteiger partial charge in [0.15, 0.2) is 17.2 Å². The fourth-order valence-electron chi connectivity index (χ4n) is 3.25. The summed E-state index contributed by atoms with van der Waals surface area (Å²) in [5.41, 5.74) is 2.31. The number of hydrogen-bond acceptors (Lipinski definition) is 8. The van der Waals surface area contributed by atoms with Gasteiger partial charge in [-0.2, -0.15) is 8.42 Å². The van der Waals surface area contributed by atoms with E-state index in [1.807, 2.05) is 31.2 Å². The van der Waals surface area contributed by atoms with E-state index in [0.29, 0.717) is 11.3 Å². The van der Waals surface area contributed by atoms with Crippen molar-refractivity contribution >= 4 is 28.1 Å². The highest BCUT2D eigenvalue weighted by atomic mass is 32.2. The quantitative estimate of drug-likeness (QED) is 0.285. The summed E-state index contributed by atoms with van der Waals surface area (Å²) in [6.45, 7) is 1.90. The van der Waals surface area contributed by atoms with Crippen LogP contribution in [0.3, 0.4) is 0 Å². The van der Waals surface area contributed by atoms with Gasteiger partial charge in [-0.15, -0.1) is 0 Å². The lowest BCUT2D eigenvalue weighted by Crippen LogP contribution is -2.10. The largest absolute Gasteiger partial charge is 0.497 e. The molecule has 0 amide bonds. The number of carbonyl (C=O) groups is 1. The first-order valence-corrected chi connectivity index (χ1v) is 11.6. The lowest BCUT2D eigenvalue weighted by atomic mass is 10.1. The second-order valence-electron chi connectivity index (χ2n) is 7.27. The summed E-state index contributed by atoms with van der Waals surface area (Å²) in [4.78, 5) is 16.6. The molecule has 9 heteroatoms. The van der Waals surface area contributed by atoms with Crippen LogP contribution in [0.25, 0.3) is 6.08 Å². The molecule has 8 nitrogen and oxygen atoms in total. The Labute approximate surface area is 197 Å². The van der Waals surface area contributed by atoms with Gasteiger partial charge in [0, 0.05) is 5.56 Å². The van der Waals surface area contributed by atoms with Gasteiger partial charge >= 0.3 is 16.1 Å². The molecule has 1 aliphatic heterocycles. The summed E-state index contributed by atoms with van der Waals surface area (Å²) in [6.07, 6.45) is 1.53. The van der Waals surface area contributed by atoms with E-state index >= 15 is 0 Å². The molecule has 174 valence electrons. The molecular formula is C25H21NO7S. The van der Waals surface area contributed by atoms with E-state index in [4.69, 9.17) is 18.4 Å². The summed E-state index contributed by atoms with van der Waals surface area (Å²) in [5.74, 6) is 0.332. The van der Waals surface area contributed by atoms with E-state index in [9.17, 15) is 13.2 Å². The highest BCUT2D eigenvalue weighted by Gasteiger charge is 2.25. The molecule has 0 unspecified atom stereocenters. The zero-order chi connectivity index (χ0) is 24.3. The summed E-state index contributed by atoms with van der Waals surface area (Å²) in [5, 5.41) is 0. The number of carbonyl (C=O) groups excluding carboxylic acids is 1. The summed E-state index contributed by atoms with van der Waals surface area (Å²) in [6, 6.07) is 17.8. The zero-order valence-corrected chi connectivity index (χ0v) is 19.5. The number of ether oxygens (including phenoxy) is 3. The molecule has 0 N–H and O–H groups in total. The number of esters is 1. The maximum atomic E-state index is 12.7. The Kier molecular flexibility index (Phi) is 6.38. The van der Waals surface area contributed by atoms with Crippen molar-refractivity contribution < 1.29 is 31.6 Å². The van der Waals surface area contributed by atoms with Gasteiger partial charge in [0.2, 0.25) is 5.90 Å². The van der Waals surface area contributed by atoms with Crippen LogP contribution < -0.4 is 13.7 Å². The molecule has 0 saturated heterocycles. The molecule has 0 bridgehead atoms. The lowest BCUT2D eigenvalue weighted by molar-refractivity contribution is -0.129. The highest BCUT2D eigenvalue weighted by molar-refractivity contribution is 7.87. The number of nitrogens with zero attached hydrogens (tertiary/aromatic N) is 1. The van der Waals surface area contributed by atoms with Crippen LogP contribution in [-0.2, 0) is 19.6 Å². The van der Waals surface area contributed by atoms with Gasteiger partial charge in [-0.3, -0.25) is 0 Å². The number of benzene rings is 3.